The van der Waals surface area contributed by atoms with E-state index in [4.69, 9.17) is 15.2 Å². The highest BCUT2D eigenvalue weighted by atomic mass is 16.5. The molecular formula is C26H38N4O2. The minimum atomic E-state index is 0.488. The Hall–Kier alpha value is -2.73. The quantitative estimate of drug-likeness (QED) is 0.317. The Morgan fingerprint density at radius 3 is 2.47 bits per heavy atom. The zero-order valence-electron chi connectivity index (χ0n) is 19.6. The highest BCUT2D eigenvalue weighted by molar-refractivity contribution is 5.77. The van der Waals surface area contributed by atoms with Crippen LogP contribution in [0.15, 0.2) is 53.5 Å². The van der Waals surface area contributed by atoms with Crippen LogP contribution in [0.3, 0.4) is 0 Å². The number of benzene rings is 2. The van der Waals surface area contributed by atoms with Crippen LogP contribution in [0, 0.1) is 5.92 Å². The number of nitrogens with zero attached hydrogens (tertiary/aromatic N) is 2. The van der Waals surface area contributed by atoms with Crippen molar-refractivity contribution < 1.29 is 9.47 Å². The molecule has 1 aliphatic rings. The average Bonchev–Trinajstić information content (AvgIpc) is 2.84. The molecule has 0 amide bonds. The highest BCUT2D eigenvalue weighted by Crippen LogP contribution is 2.27. The molecule has 0 unspecified atom stereocenters. The zero-order chi connectivity index (χ0) is 22.6. The molecule has 0 aromatic heterocycles. The molecule has 174 valence electrons. The molecule has 1 heterocycles. The van der Waals surface area contributed by atoms with Gasteiger partial charge in [0.05, 0.1) is 20.8 Å². The van der Waals surface area contributed by atoms with E-state index in [1.165, 1.54) is 50.9 Å². The summed E-state index contributed by atoms with van der Waals surface area (Å²) in [5.74, 6) is 2.74. The maximum absolute atomic E-state index is 6.02. The number of methoxy groups -OCH3 is 2. The first-order valence-electron chi connectivity index (χ1n) is 11.7. The number of likely N-dealkylation sites (tertiary alicyclic amines) is 1. The Balaban J connectivity index is 1.27. The third kappa shape index (κ3) is 7.75. The molecule has 32 heavy (non-hydrogen) atoms. The molecule has 6 nitrogen and oxygen atoms in total. The molecule has 1 aliphatic heterocycles. The van der Waals surface area contributed by atoms with Crippen LogP contribution in [-0.2, 0) is 13.0 Å². The van der Waals surface area contributed by atoms with Gasteiger partial charge in [-0.25, -0.2) is 4.99 Å². The van der Waals surface area contributed by atoms with E-state index in [2.05, 4.69) is 45.5 Å². The van der Waals surface area contributed by atoms with Crippen LogP contribution in [0.25, 0.3) is 0 Å². The van der Waals surface area contributed by atoms with Crippen LogP contribution in [0.4, 0.5) is 0 Å². The molecule has 3 rings (SSSR count). The number of ether oxygens (including phenoxy) is 2. The van der Waals surface area contributed by atoms with Gasteiger partial charge < -0.3 is 25.4 Å². The lowest BCUT2D eigenvalue weighted by Crippen LogP contribution is -2.36. The Kier molecular flexibility index (Phi) is 9.69. The summed E-state index contributed by atoms with van der Waals surface area (Å²) in [5, 5.41) is 3.23. The van der Waals surface area contributed by atoms with Crippen LogP contribution >= 0.6 is 0 Å². The Labute approximate surface area is 192 Å². The third-order valence-corrected chi connectivity index (χ3v) is 6.16. The Morgan fingerprint density at radius 2 is 1.75 bits per heavy atom. The van der Waals surface area contributed by atoms with Gasteiger partial charge in [0.25, 0.3) is 0 Å². The van der Waals surface area contributed by atoms with E-state index in [-0.39, 0.29) is 0 Å². The first-order valence-corrected chi connectivity index (χ1v) is 11.7. The Morgan fingerprint density at radius 1 is 1.00 bits per heavy atom. The highest BCUT2D eigenvalue weighted by Gasteiger charge is 2.18. The van der Waals surface area contributed by atoms with Crippen LogP contribution in [-0.4, -0.2) is 51.3 Å². The van der Waals surface area contributed by atoms with E-state index in [9.17, 15) is 0 Å². The van der Waals surface area contributed by atoms with Gasteiger partial charge in [-0.05, 0) is 80.9 Å². The molecule has 2 aromatic carbocycles. The van der Waals surface area contributed by atoms with Crippen molar-refractivity contribution in [3.63, 3.8) is 0 Å². The zero-order valence-corrected chi connectivity index (χ0v) is 19.6. The summed E-state index contributed by atoms with van der Waals surface area (Å²) in [6.45, 7) is 4.98. The summed E-state index contributed by atoms with van der Waals surface area (Å²) in [6.07, 6.45) is 6.11. The van der Waals surface area contributed by atoms with Gasteiger partial charge in [-0.3, -0.25) is 0 Å². The van der Waals surface area contributed by atoms with Crippen molar-refractivity contribution >= 4 is 5.96 Å². The van der Waals surface area contributed by atoms with Gasteiger partial charge in [0.1, 0.15) is 0 Å². The van der Waals surface area contributed by atoms with Crippen LogP contribution in [0.5, 0.6) is 11.5 Å². The van der Waals surface area contributed by atoms with Gasteiger partial charge in [0.2, 0.25) is 0 Å². The standard InChI is InChI=1S/C26H38N4O2/c1-31-24-11-10-23(19-25(24)32-2)20-29-26(27)28-14-6-7-15-30-16-12-22(13-17-30)18-21-8-4-3-5-9-21/h3-5,8-11,19,22H,6-7,12-18,20H2,1-2H3,(H3,27,28,29). The molecule has 0 radical (unpaired) electrons. The van der Waals surface area contributed by atoms with E-state index < -0.39 is 0 Å². The average molecular weight is 439 g/mol. The largest absolute Gasteiger partial charge is 0.493 e. The molecule has 0 saturated carbocycles. The maximum atomic E-state index is 6.02. The number of guanidine groups is 1. The van der Waals surface area contributed by atoms with Crippen molar-refractivity contribution in [2.45, 2.75) is 38.6 Å². The molecule has 0 spiro atoms. The third-order valence-electron chi connectivity index (χ3n) is 6.16. The predicted molar refractivity (Wildman–Crippen MR) is 131 cm³/mol. The van der Waals surface area contributed by atoms with Crippen molar-refractivity contribution in [2.75, 3.05) is 40.4 Å². The monoisotopic (exact) mass is 438 g/mol. The van der Waals surface area contributed by atoms with E-state index in [0.717, 1.165) is 24.4 Å². The number of nitrogens with two attached hydrogens (primary N) is 1. The second kappa shape index (κ2) is 13.0. The van der Waals surface area contributed by atoms with Gasteiger partial charge in [-0.15, -0.1) is 0 Å². The number of piperidine rings is 1. The molecule has 2 aromatic rings. The Bertz CT molecular complexity index is 833. The first kappa shape index (κ1) is 23.9. The number of aliphatic imine (C=N–C) groups is 1. The van der Waals surface area contributed by atoms with Gasteiger partial charge in [0.15, 0.2) is 17.5 Å². The van der Waals surface area contributed by atoms with Crippen LogP contribution in [0.2, 0.25) is 0 Å². The van der Waals surface area contributed by atoms with Crippen molar-refractivity contribution in [1.29, 1.82) is 0 Å². The SMILES string of the molecule is COc1ccc(CN=C(N)NCCCCN2CCC(Cc3ccccc3)CC2)cc1OC. The van der Waals surface area contributed by atoms with E-state index >= 15 is 0 Å². The summed E-state index contributed by atoms with van der Waals surface area (Å²) < 4.78 is 10.6. The fourth-order valence-electron chi connectivity index (χ4n) is 4.25. The summed E-state index contributed by atoms with van der Waals surface area (Å²) in [7, 11) is 3.26. The normalized spacial score (nSPS) is 15.5. The summed E-state index contributed by atoms with van der Waals surface area (Å²) in [4.78, 5) is 7.04. The molecular weight excluding hydrogens is 400 g/mol. The van der Waals surface area contributed by atoms with Crippen LogP contribution < -0.4 is 20.5 Å². The molecule has 0 aliphatic carbocycles. The minimum Gasteiger partial charge on any atom is -0.493 e. The lowest BCUT2D eigenvalue weighted by molar-refractivity contribution is 0.181. The fraction of sp³-hybridized carbons (Fsp3) is 0.500. The van der Waals surface area contributed by atoms with Gasteiger partial charge in [-0.2, -0.15) is 0 Å². The van der Waals surface area contributed by atoms with Crippen LogP contribution in [0.1, 0.15) is 36.8 Å². The molecule has 1 fully saturated rings. The second-order valence-electron chi connectivity index (χ2n) is 8.50. The fourth-order valence-corrected chi connectivity index (χ4v) is 4.25. The lowest BCUT2D eigenvalue weighted by Gasteiger charge is -2.32. The van der Waals surface area contributed by atoms with E-state index in [1.54, 1.807) is 14.2 Å². The summed E-state index contributed by atoms with van der Waals surface area (Å²) in [5.41, 5.74) is 8.53. The minimum absolute atomic E-state index is 0.488. The summed E-state index contributed by atoms with van der Waals surface area (Å²) in [6, 6.07) is 16.7. The second-order valence-corrected chi connectivity index (χ2v) is 8.50. The van der Waals surface area contributed by atoms with Gasteiger partial charge >= 0.3 is 0 Å². The smallest absolute Gasteiger partial charge is 0.188 e. The van der Waals surface area contributed by atoms with E-state index in [0.29, 0.717) is 24.0 Å². The number of unbranched alkanes of at least 4 members (excludes halogenated alkanes) is 1. The maximum Gasteiger partial charge on any atom is 0.188 e. The summed E-state index contributed by atoms with van der Waals surface area (Å²) >= 11 is 0. The van der Waals surface area contributed by atoms with Gasteiger partial charge in [-0.1, -0.05) is 36.4 Å². The molecule has 1 saturated heterocycles. The number of rotatable bonds is 11. The first-order chi connectivity index (χ1) is 15.7. The van der Waals surface area contributed by atoms with Crippen molar-refractivity contribution in [3.05, 3.63) is 59.7 Å². The topological polar surface area (TPSA) is 72.1 Å². The molecule has 6 heteroatoms. The number of hydrogen-bond acceptors (Lipinski definition) is 4. The molecule has 3 N–H and O–H groups in total. The molecule has 0 atom stereocenters. The molecule has 0 bridgehead atoms. The van der Waals surface area contributed by atoms with Crippen molar-refractivity contribution in [2.24, 2.45) is 16.6 Å². The van der Waals surface area contributed by atoms with Crippen molar-refractivity contribution in [3.8, 4) is 11.5 Å². The number of hydrogen-bond donors (Lipinski definition) is 2. The number of nitrogens with one attached hydrogen (secondary N) is 1. The lowest BCUT2D eigenvalue weighted by atomic mass is 9.90. The van der Waals surface area contributed by atoms with Crippen molar-refractivity contribution in [1.82, 2.24) is 10.2 Å². The predicted octanol–water partition coefficient (Wildman–Crippen LogP) is 3.84. The van der Waals surface area contributed by atoms with E-state index in [1.807, 2.05) is 18.2 Å². The van der Waals surface area contributed by atoms with Gasteiger partial charge in [0, 0.05) is 6.54 Å².